The molecule has 2 rings (SSSR count). The summed E-state index contributed by atoms with van der Waals surface area (Å²) in [6.07, 6.45) is 0.666. The molecule has 0 aliphatic rings. The first-order chi connectivity index (χ1) is 11.1. The van der Waals surface area contributed by atoms with Crippen LogP contribution < -0.4 is 10.1 Å². The third kappa shape index (κ3) is 6.78. The zero-order valence-corrected chi connectivity index (χ0v) is 14.4. The van der Waals surface area contributed by atoms with Crippen LogP contribution in [0.2, 0.25) is 0 Å². The molecule has 0 atom stereocenters. The van der Waals surface area contributed by atoms with E-state index in [1.165, 1.54) is 5.56 Å². The molecular weight excluding hydrogens is 306 g/mol. The molecule has 1 amide bonds. The summed E-state index contributed by atoms with van der Waals surface area (Å²) in [6, 6.07) is 17.8. The molecule has 0 radical (unpaired) electrons. The fourth-order valence-corrected chi connectivity index (χ4v) is 2.94. The Labute approximate surface area is 142 Å². The van der Waals surface area contributed by atoms with Crippen molar-refractivity contribution in [2.45, 2.75) is 32.1 Å². The van der Waals surface area contributed by atoms with E-state index in [0.29, 0.717) is 6.42 Å². The Balaban J connectivity index is 1.68. The van der Waals surface area contributed by atoms with E-state index in [1.807, 2.05) is 56.3 Å². The first-order valence-electron chi connectivity index (χ1n) is 7.82. The van der Waals surface area contributed by atoms with Crippen molar-refractivity contribution in [1.29, 1.82) is 0 Å². The van der Waals surface area contributed by atoms with Crippen LogP contribution in [0.25, 0.3) is 0 Å². The van der Waals surface area contributed by atoms with E-state index in [0.717, 1.165) is 22.9 Å². The lowest BCUT2D eigenvalue weighted by atomic mass is 10.2. The maximum absolute atomic E-state index is 11.9. The van der Waals surface area contributed by atoms with Crippen LogP contribution in [0.3, 0.4) is 0 Å². The van der Waals surface area contributed by atoms with Crippen molar-refractivity contribution in [3.05, 3.63) is 60.2 Å². The van der Waals surface area contributed by atoms with Gasteiger partial charge in [-0.1, -0.05) is 30.3 Å². The van der Waals surface area contributed by atoms with Gasteiger partial charge in [0.1, 0.15) is 5.75 Å². The minimum Gasteiger partial charge on any atom is -0.491 e. The molecule has 2 aromatic carbocycles. The molecule has 0 aromatic heterocycles. The average Bonchev–Trinajstić information content (AvgIpc) is 2.54. The van der Waals surface area contributed by atoms with Crippen molar-refractivity contribution in [2.75, 3.05) is 11.1 Å². The Morgan fingerprint density at radius 2 is 1.78 bits per heavy atom. The number of carbonyl (C=O) groups is 1. The van der Waals surface area contributed by atoms with Crippen LogP contribution in [0, 0.1) is 0 Å². The van der Waals surface area contributed by atoms with Gasteiger partial charge in [0.05, 0.1) is 6.10 Å². The number of thioether (sulfide) groups is 1. The number of hydrogen-bond donors (Lipinski definition) is 1. The predicted molar refractivity (Wildman–Crippen MR) is 98.1 cm³/mol. The number of rotatable bonds is 8. The van der Waals surface area contributed by atoms with E-state index in [4.69, 9.17) is 4.74 Å². The van der Waals surface area contributed by atoms with Crippen LogP contribution >= 0.6 is 11.8 Å². The molecule has 0 saturated heterocycles. The van der Waals surface area contributed by atoms with Gasteiger partial charge in [-0.15, -0.1) is 0 Å². The van der Waals surface area contributed by atoms with E-state index in [2.05, 4.69) is 17.4 Å². The minimum absolute atomic E-state index is 0.0445. The maximum Gasteiger partial charge on any atom is 0.225 e. The SMILES string of the molecule is CC(C)Oc1ccc(NC(=O)CCSCc2ccccc2)cc1. The van der Waals surface area contributed by atoms with Crippen molar-refractivity contribution < 1.29 is 9.53 Å². The van der Waals surface area contributed by atoms with Crippen molar-refractivity contribution in [2.24, 2.45) is 0 Å². The summed E-state index contributed by atoms with van der Waals surface area (Å²) in [5.74, 6) is 2.62. The predicted octanol–water partition coefficient (Wildman–Crippen LogP) is 4.74. The smallest absolute Gasteiger partial charge is 0.225 e. The molecule has 0 aliphatic carbocycles. The largest absolute Gasteiger partial charge is 0.491 e. The van der Waals surface area contributed by atoms with E-state index in [1.54, 1.807) is 11.8 Å². The maximum atomic E-state index is 11.9. The normalized spacial score (nSPS) is 10.6. The Morgan fingerprint density at radius 1 is 1.09 bits per heavy atom. The van der Waals surface area contributed by atoms with Gasteiger partial charge in [-0.3, -0.25) is 4.79 Å². The highest BCUT2D eigenvalue weighted by molar-refractivity contribution is 7.98. The average molecular weight is 329 g/mol. The van der Waals surface area contributed by atoms with Crippen LogP contribution in [-0.4, -0.2) is 17.8 Å². The quantitative estimate of drug-likeness (QED) is 0.711. The molecule has 0 unspecified atom stereocenters. The highest BCUT2D eigenvalue weighted by atomic mass is 32.2. The van der Waals surface area contributed by atoms with Gasteiger partial charge in [0.25, 0.3) is 0 Å². The number of benzene rings is 2. The van der Waals surface area contributed by atoms with Crippen molar-refractivity contribution in [1.82, 2.24) is 0 Å². The Hall–Kier alpha value is -1.94. The summed E-state index contributed by atoms with van der Waals surface area (Å²) in [6.45, 7) is 3.98. The highest BCUT2D eigenvalue weighted by Gasteiger charge is 2.04. The lowest BCUT2D eigenvalue weighted by Gasteiger charge is -2.10. The summed E-state index contributed by atoms with van der Waals surface area (Å²) in [5, 5.41) is 2.91. The third-order valence-electron chi connectivity index (χ3n) is 3.09. The Kier molecular flexibility index (Phi) is 7.01. The fourth-order valence-electron chi connectivity index (χ4n) is 2.04. The first-order valence-corrected chi connectivity index (χ1v) is 8.97. The van der Waals surface area contributed by atoms with Crippen molar-refractivity contribution in [3.8, 4) is 5.75 Å². The third-order valence-corrected chi connectivity index (χ3v) is 4.13. The van der Waals surface area contributed by atoms with Crippen LogP contribution in [0.15, 0.2) is 54.6 Å². The van der Waals surface area contributed by atoms with E-state index in [9.17, 15) is 4.79 Å². The van der Waals surface area contributed by atoms with E-state index < -0.39 is 0 Å². The van der Waals surface area contributed by atoms with Gasteiger partial charge < -0.3 is 10.1 Å². The zero-order chi connectivity index (χ0) is 16.5. The molecular formula is C19H23NO2S. The van der Waals surface area contributed by atoms with Gasteiger partial charge >= 0.3 is 0 Å². The number of carbonyl (C=O) groups excluding carboxylic acids is 1. The molecule has 1 N–H and O–H groups in total. The summed E-state index contributed by atoms with van der Waals surface area (Å²) >= 11 is 1.77. The highest BCUT2D eigenvalue weighted by Crippen LogP contribution is 2.18. The molecule has 0 fully saturated rings. The second-order valence-electron chi connectivity index (χ2n) is 5.53. The summed E-state index contributed by atoms with van der Waals surface area (Å²) < 4.78 is 5.58. The Bertz CT molecular complexity index is 597. The van der Waals surface area contributed by atoms with Crippen molar-refractivity contribution >= 4 is 23.4 Å². The molecule has 0 bridgehead atoms. The van der Waals surface area contributed by atoms with E-state index >= 15 is 0 Å². The lowest BCUT2D eigenvalue weighted by molar-refractivity contribution is -0.115. The van der Waals surface area contributed by atoms with Gasteiger partial charge in [0.15, 0.2) is 0 Å². The molecule has 0 saturated carbocycles. The van der Waals surface area contributed by atoms with Crippen LogP contribution in [0.4, 0.5) is 5.69 Å². The molecule has 0 spiro atoms. The fraction of sp³-hybridized carbons (Fsp3) is 0.316. The molecule has 122 valence electrons. The lowest BCUT2D eigenvalue weighted by Crippen LogP contribution is -2.12. The second-order valence-corrected chi connectivity index (χ2v) is 6.63. The van der Waals surface area contributed by atoms with Gasteiger partial charge in [0, 0.05) is 23.6 Å². The molecule has 23 heavy (non-hydrogen) atoms. The molecule has 0 aliphatic heterocycles. The number of amides is 1. The van der Waals surface area contributed by atoms with E-state index in [-0.39, 0.29) is 12.0 Å². The first kappa shape index (κ1) is 17.4. The number of ether oxygens (including phenoxy) is 1. The summed E-state index contributed by atoms with van der Waals surface area (Å²) in [7, 11) is 0. The zero-order valence-electron chi connectivity index (χ0n) is 13.6. The molecule has 3 nitrogen and oxygen atoms in total. The number of hydrogen-bond acceptors (Lipinski definition) is 3. The van der Waals surface area contributed by atoms with Gasteiger partial charge in [-0.05, 0) is 43.7 Å². The number of anilines is 1. The standard InChI is InChI=1S/C19H23NO2S/c1-15(2)22-18-10-8-17(9-11-18)20-19(21)12-13-23-14-16-6-4-3-5-7-16/h3-11,15H,12-14H2,1-2H3,(H,20,21). The van der Waals surface area contributed by atoms with Crippen LogP contribution in [0.1, 0.15) is 25.8 Å². The Morgan fingerprint density at radius 3 is 2.43 bits per heavy atom. The summed E-state index contributed by atoms with van der Waals surface area (Å²) in [5.41, 5.74) is 2.10. The number of nitrogens with one attached hydrogen (secondary N) is 1. The minimum atomic E-state index is 0.0445. The van der Waals surface area contributed by atoms with Crippen molar-refractivity contribution in [3.63, 3.8) is 0 Å². The van der Waals surface area contributed by atoms with Gasteiger partial charge in [-0.25, -0.2) is 0 Å². The van der Waals surface area contributed by atoms with Gasteiger partial charge in [0.2, 0.25) is 5.91 Å². The second kappa shape index (κ2) is 9.26. The van der Waals surface area contributed by atoms with Crippen LogP contribution in [-0.2, 0) is 10.5 Å². The summed E-state index contributed by atoms with van der Waals surface area (Å²) in [4.78, 5) is 11.9. The molecule has 4 heteroatoms. The van der Waals surface area contributed by atoms with Crippen LogP contribution in [0.5, 0.6) is 5.75 Å². The topological polar surface area (TPSA) is 38.3 Å². The molecule has 2 aromatic rings. The van der Waals surface area contributed by atoms with Gasteiger partial charge in [-0.2, -0.15) is 11.8 Å². The monoisotopic (exact) mass is 329 g/mol. The molecule has 0 heterocycles.